The predicted octanol–water partition coefficient (Wildman–Crippen LogP) is 3.45. The van der Waals surface area contributed by atoms with E-state index in [0.29, 0.717) is 5.92 Å². The van der Waals surface area contributed by atoms with Gasteiger partial charge in [-0.15, -0.1) is 0 Å². The highest BCUT2D eigenvalue weighted by molar-refractivity contribution is 5.46. The smallest absolute Gasteiger partial charge is 0.133 e. The highest BCUT2D eigenvalue weighted by Crippen LogP contribution is 2.29. The summed E-state index contributed by atoms with van der Waals surface area (Å²) in [7, 11) is 0. The number of hydrogen-bond donors (Lipinski definition) is 1. The molecule has 1 fully saturated rings. The fraction of sp³-hybridized carbons (Fsp3) is 0.706. The topological polar surface area (TPSA) is 28.2 Å². The van der Waals surface area contributed by atoms with Crippen LogP contribution in [0.5, 0.6) is 0 Å². The second-order valence-corrected chi connectivity index (χ2v) is 6.35. The van der Waals surface area contributed by atoms with Crippen molar-refractivity contribution >= 4 is 5.82 Å². The Labute approximate surface area is 123 Å². The quantitative estimate of drug-likeness (QED) is 0.787. The molecular weight excluding hydrogens is 246 g/mol. The maximum atomic E-state index is 4.64. The molecule has 0 bridgehead atoms. The summed E-state index contributed by atoms with van der Waals surface area (Å²) in [6, 6.07) is 4.26. The molecule has 1 aromatic heterocycles. The van der Waals surface area contributed by atoms with Crippen LogP contribution in [0.3, 0.4) is 0 Å². The van der Waals surface area contributed by atoms with Crippen LogP contribution in [0.2, 0.25) is 0 Å². The lowest BCUT2D eigenvalue weighted by atomic mass is 9.85. The Kier molecular flexibility index (Phi) is 5.84. The van der Waals surface area contributed by atoms with Crippen molar-refractivity contribution in [3.63, 3.8) is 0 Å². The molecule has 0 aliphatic heterocycles. The SMILES string of the molecule is CCN(CC1CCC1)c1ncccc1CNCC(C)C. The van der Waals surface area contributed by atoms with E-state index in [1.54, 1.807) is 0 Å². The first-order chi connectivity index (χ1) is 9.70. The number of anilines is 1. The van der Waals surface area contributed by atoms with E-state index in [4.69, 9.17) is 0 Å². The predicted molar refractivity (Wildman–Crippen MR) is 86.0 cm³/mol. The van der Waals surface area contributed by atoms with Crippen molar-refractivity contribution in [3.8, 4) is 0 Å². The molecule has 1 heterocycles. The number of hydrogen-bond acceptors (Lipinski definition) is 3. The Balaban J connectivity index is 2.00. The average molecular weight is 275 g/mol. The summed E-state index contributed by atoms with van der Waals surface area (Å²) >= 11 is 0. The summed E-state index contributed by atoms with van der Waals surface area (Å²) in [6.07, 6.45) is 6.12. The van der Waals surface area contributed by atoms with Gasteiger partial charge in [-0.2, -0.15) is 0 Å². The van der Waals surface area contributed by atoms with E-state index in [-0.39, 0.29) is 0 Å². The maximum Gasteiger partial charge on any atom is 0.133 e. The van der Waals surface area contributed by atoms with Gasteiger partial charge in [0, 0.05) is 31.4 Å². The Bertz CT molecular complexity index is 399. The summed E-state index contributed by atoms with van der Waals surface area (Å²) in [5.41, 5.74) is 1.33. The third-order valence-corrected chi connectivity index (χ3v) is 4.12. The van der Waals surface area contributed by atoms with E-state index < -0.39 is 0 Å². The molecule has 0 spiro atoms. The Morgan fingerprint density at radius 3 is 2.80 bits per heavy atom. The van der Waals surface area contributed by atoms with Crippen LogP contribution >= 0.6 is 0 Å². The van der Waals surface area contributed by atoms with Gasteiger partial charge in [0.1, 0.15) is 5.82 Å². The van der Waals surface area contributed by atoms with Crippen LogP contribution in [0.4, 0.5) is 5.82 Å². The number of rotatable bonds is 8. The molecule has 1 saturated carbocycles. The fourth-order valence-corrected chi connectivity index (χ4v) is 2.70. The van der Waals surface area contributed by atoms with E-state index in [2.05, 4.69) is 42.0 Å². The first kappa shape index (κ1) is 15.3. The third kappa shape index (κ3) is 4.20. The van der Waals surface area contributed by atoms with Crippen LogP contribution in [0.1, 0.15) is 45.6 Å². The molecule has 0 aromatic carbocycles. The summed E-state index contributed by atoms with van der Waals surface area (Å²) in [5.74, 6) is 2.75. The standard InChI is InChI=1S/C17H29N3/c1-4-20(13-15-7-5-8-15)17-16(9-6-10-19-17)12-18-11-14(2)3/h6,9-10,14-15,18H,4-5,7-8,11-13H2,1-3H3. The minimum Gasteiger partial charge on any atom is -0.356 e. The highest BCUT2D eigenvalue weighted by atomic mass is 15.2. The van der Waals surface area contributed by atoms with Gasteiger partial charge < -0.3 is 10.2 Å². The van der Waals surface area contributed by atoms with E-state index in [1.165, 1.54) is 37.2 Å². The molecule has 0 radical (unpaired) electrons. The molecule has 2 rings (SSSR count). The average Bonchev–Trinajstić information content (AvgIpc) is 2.38. The molecule has 1 aromatic rings. The van der Waals surface area contributed by atoms with Gasteiger partial charge in [0.2, 0.25) is 0 Å². The minimum absolute atomic E-state index is 0.687. The lowest BCUT2D eigenvalue weighted by molar-refractivity contribution is 0.318. The lowest BCUT2D eigenvalue weighted by Crippen LogP contribution is -2.34. The molecule has 112 valence electrons. The zero-order valence-corrected chi connectivity index (χ0v) is 13.2. The summed E-state index contributed by atoms with van der Waals surface area (Å²) < 4.78 is 0. The summed E-state index contributed by atoms with van der Waals surface area (Å²) in [5, 5.41) is 3.54. The molecule has 0 amide bonds. The number of nitrogens with one attached hydrogen (secondary N) is 1. The molecule has 0 saturated heterocycles. The Morgan fingerprint density at radius 1 is 1.40 bits per heavy atom. The van der Waals surface area contributed by atoms with Crippen molar-refractivity contribution in [2.45, 2.75) is 46.6 Å². The van der Waals surface area contributed by atoms with Crippen molar-refractivity contribution in [1.29, 1.82) is 0 Å². The molecule has 3 heteroatoms. The molecule has 0 atom stereocenters. The van der Waals surface area contributed by atoms with Crippen molar-refractivity contribution < 1.29 is 0 Å². The largest absolute Gasteiger partial charge is 0.356 e. The first-order valence-electron chi connectivity index (χ1n) is 8.10. The van der Waals surface area contributed by atoms with E-state index >= 15 is 0 Å². The van der Waals surface area contributed by atoms with Crippen LogP contribution < -0.4 is 10.2 Å². The third-order valence-electron chi connectivity index (χ3n) is 4.12. The monoisotopic (exact) mass is 275 g/mol. The molecular formula is C17H29N3. The fourth-order valence-electron chi connectivity index (χ4n) is 2.70. The molecule has 20 heavy (non-hydrogen) atoms. The van der Waals surface area contributed by atoms with Crippen molar-refractivity contribution in [3.05, 3.63) is 23.9 Å². The van der Waals surface area contributed by atoms with E-state index in [1.807, 2.05) is 12.3 Å². The van der Waals surface area contributed by atoms with Gasteiger partial charge in [-0.05, 0) is 44.2 Å². The van der Waals surface area contributed by atoms with Gasteiger partial charge in [0.15, 0.2) is 0 Å². The van der Waals surface area contributed by atoms with Crippen LogP contribution in [-0.4, -0.2) is 24.6 Å². The van der Waals surface area contributed by atoms with Crippen molar-refractivity contribution in [1.82, 2.24) is 10.3 Å². The van der Waals surface area contributed by atoms with Gasteiger partial charge in [-0.25, -0.2) is 4.98 Å². The summed E-state index contributed by atoms with van der Waals surface area (Å²) in [4.78, 5) is 7.10. The Morgan fingerprint density at radius 2 is 2.20 bits per heavy atom. The van der Waals surface area contributed by atoms with Crippen LogP contribution in [0.25, 0.3) is 0 Å². The summed E-state index contributed by atoms with van der Waals surface area (Å²) in [6.45, 7) is 10.9. The number of nitrogens with zero attached hydrogens (tertiary/aromatic N) is 2. The molecule has 0 unspecified atom stereocenters. The van der Waals surface area contributed by atoms with Gasteiger partial charge >= 0.3 is 0 Å². The second kappa shape index (κ2) is 7.63. The van der Waals surface area contributed by atoms with Crippen molar-refractivity contribution in [2.75, 3.05) is 24.5 Å². The molecule has 1 N–H and O–H groups in total. The molecule has 1 aliphatic rings. The number of aromatic nitrogens is 1. The second-order valence-electron chi connectivity index (χ2n) is 6.35. The zero-order valence-electron chi connectivity index (χ0n) is 13.2. The molecule has 3 nitrogen and oxygen atoms in total. The maximum absolute atomic E-state index is 4.64. The zero-order chi connectivity index (χ0) is 14.4. The van der Waals surface area contributed by atoms with Gasteiger partial charge in [-0.1, -0.05) is 26.3 Å². The molecule has 1 aliphatic carbocycles. The van der Waals surface area contributed by atoms with Gasteiger partial charge in [0.05, 0.1) is 0 Å². The lowest BCUT2D eigenvalue weighted by Gasteiger charge is -2.33. The van der Waals surface area contributed by atoms with Crippen LogP contribution in [0.15, 0.2) is 18.3 Å². The van der Waals surface area contributed by atoms with Crippen LogP contribution in [-0.2, 0) is 6.54 Å². The van der Waals surface area contributed by atoms with E-state index in [0.717, 1.165) is 25.6 Å². The van der Waals surface area contributed by atoms with Crippen molar-refractivity contribution in [2.24, 2.45) is 11.8 Å². The van der Waals surface area contributed by atoms with E-state index in [9.17, 15) is 0 Å². The normalized spacial score (nSPS) is 15.4. The number of pyridine rings is 1. The highest BCUT2D eigenvalue weighted by Gasteiger charge is 2.21. The first-order valence-corrected chi connectivity index (χ1v) is 8.10. The van der Waals surface area contributed by atoms with Gasteiger partial charge in [0.25, 0.3) is 0 Å². The van der Waals surface area contributed by atoms with Crippen LogP contribution in [0, 0.1) is 11.8 Å². The minimum atomic E-state index is 0.687. The Hall–Kier alpha value is -1.09. The van der Waals surface area contributed by atoms with Gasteiger partial charge in [-0.3, -0.25) is 0 Å².